The van der Waals surface area contributed by atoms with Crippen LogP contribution < -0.4 is 10.6 Å². The number of aryl methyl sites for hydroxylation is 1. The maximum Gasteiger partial charge on any atom is 0.329 e. The number of carboxylic acid groups (broad SMARTS) is 1. The predicted octanol–water partition coefficient (Wildman–Crippen LogP) is 1.22. The Bertz CT molecular complexity index is 427. The summed E-state index contributed by atoms with van der Waals surface area (Å²) in [5.74, 6) is -1.01. The van der Waals surface area contributed by atoms with E-state index < -0.39 is 17.5 Å². The highest BCUT2D eigenvalue weighted by atomic mass is 16.4. The van der Waals surface area contributed by atoms with Crippen molar-refractivity contribution < 1.29 is 14.7 Å². The standard InChI is InChI=1S/C13H22N4O3/c1-3-13(4-2,11(18)19)16-12(20)14-7-5-9-17-10-6-8-15-17/h6,8,10H,3-5,7,9H2,1-2H3,(H,18,19)(H2,14,16,20). The van der Waals surface area contributed by atoms with Gasteiger partial charge in [-0.15, -0.1) is 0 Å². The van der Waals surface area contributed by atoms with Gasteiger partial charge >= 0.3 is 12.0 Å². The summed E-state index contributed by atoms with van der Waals surface area (Å²) in [6.07, 6.45) is 4.97. The van der Waals surface area contributed by atoms with Crippen LogP contribution in [0.2, 0.25) is 0 Å². The lowest BCUT2D eigenvalue weighted by atomic mass is 9.93. The lowest BCUT2D eigenvalue weighted by molar-refractivity contribution is -0.144. The van der Waals surface area contributed by atoms with E-state index in [2.05, 4.69) is 15.7 Å². The molecule has 3 N–H and O–H groups in total. The molecular weight excluding hydrogens is 260 g/mol. The van der Waals surface area contributed by atoms with Gasteiger partial charge in [-0.3, -0.25) is 4.68 Å². The zero-order chi connectivity index (χ0) is 15.0. The van der Waals surface area contributed by atoms with Crippen molar-refractivity contribution in [1.29, 1.82) is 0 Å². The van der Waals surface area contributed by atoms with Crippen molar-refractivity contribution in [2.24, 2.45) is 0 Å². The number of hydrogen-bond acceptors (Lipinski definition) is 3. The van der Waals surface area contributed by atoms with Crippen LogP contribution in [0.4, 0.5) is 4.79 Å². The van der Waals surface area contributed by atoms with E-state index in [1.165, 1.54) is 0 Å². The molecular formula is C13H22N4O3. The van der Waals surface area contributed by atoms with Crippen molar-refractivity contribution in [2.45, 2.75) is 45.2 Å². The third kappa shape index (κ3) is 4.25. The Morgan fingerprint density at radius 3 is 2.55 bits per heavy atom. The Balaban J connectivity index is 2.33. The van der Waals surface area contributed by atoms with Gasteiger partial charge in [0.25, 0.3) is 0 Å². The molecule has 1 rings (SSSR count). The van der Waals surface area contributed by atoms with Crippen molar-refractivity contribution in [3.05, 3.63) is 18.5 Å². The third-order valence-corrected chi connectivity index (χ3v) is 3.38. The van der Waals surface area contributed by atoms with Gasteiger partial charge in [0.1, 0.15) is 5.54 Å². The molecule has 1 heterocycles. The molecule has 0 bridgehead atoms. The minimum Gasteiger partial charge on any atom is -0.480 e. The van der Waals surface area contributed by atoms with Crippen LogP contribution in [0.25, 0.3) is 0 Å². The highest BCUT2D eigenvalue weighted by Crippen LogP contribution is 2.15. The number of nitrogens with one attached hydrogen (secondary N) is 2. The molecule has 1 aromatic rings. The van der Waals surface area contributed by atoms with Crippen LogP contribution in [-0.4, -0.2) is 39.0 Å². The summed E-state index contributed by atoms with van der Waals surface area (Å²) >= 11 is 0. The number of rotatable bonds is 8. The van der Waals surface area contributed by atoms with E-state index in [1.807, 2.05) is 12.3 Å². The average molecular weight is 282 g/mol. The number of hydrogen-bond donors (Lipinski definition) is 3. The van der Waals surface area contributed by atoms with E-state index in [0.717, 1.165) is 6.42 Å². The molecule has 0 spiro atoms. The average Bonchev–Trinajstić information content (AvgIpc) is 2.94. The third-order valence-electron chi connectivity index (χ3n) is 3.38. The highest BCUT2D eigenvalue weighted by molar-refractivity contribution is 5.86. The quantitative estimate of drug-likeness (QED) is 0.624. The van der Waals surface area contributed by atoms with Crippen molar-refractivity contribution in [3.63, 3.8) is 0 Å². The van der Waals surface area contributed by atoms with E-state index in [0.29, 0.717) is 25.9 Å². The van der Waals surface area contributed by atoms with Gasteiger partial charge in [0, 0.05) is 25.5 Å². The van der Waals surface area contributed by atoms with Crippen molar-refractivity contribution in [3.8, 4) is 0 Å². The van der Waals surface area contributed by atoms with Crippen molar-refractivity contribution in [1.82, 2.24) is 20.4 Å². The van der Waals surface area contributed by atoms with Crippen LogP contribution in [0.5, 0.6) is 0 Å². The molecule has 1 aromatic heterocycles. The summed E-state index contributed by atoms with van der Waals surface area (Å²) in [5.41, 5.74) is -1.19. The van der Waals surface area contributed by atoms with E-state index >= 15 is 0 Å². The molecule has 2 amide bonds. The maximum atomic E-state index is 11.7. The van der Waals surface area contributed by atoms with Gasteiger partial charge in [-0.25, -0.2) is 9.59 Å². The molecule has 0 aliphatic rings. The Kier molecular flexibility index (Phi) is 6.02. The number of amides is 2. The first kappa shape index (κ1) is 16.0. The van der Waals surface area contributed by atoms with Gasteiger partial charge in [0.05, 0.1) is 0 Å². The van der Waals surface area contributed by atoms with Crippen LogP contribution >= 0.6 is 0 Å². The molecule has 7 nitrogen and oxygen atoms in total. The zero-order valence-corrected chi connectivity index (χ0v) is 11.9. The summed E-state index contributed by atoms with van der Waals surface area (Å²) in [4.78, 5) is 23.0. The molecule has 0 fully saturated rings. The summed E-state index contributed by atoms with van der Waals surface area (Å²) < 4.78 is 1.78. The second-order valence-corrected chi connectivity index (χ2v) is 4.60. The number of aromatic nitrogens is 2. The molecule has 20 heavy (non-hydrogen) atoms. The van der Waals surface area contributed by atoms with E-state index in [4.69, 9.17) is 0 Å². The SMILES string of the molecule is CCC(CC)(NC(=O)NCCCn1cccn1)C(=O)O. The number of aliphatic carboxylic acids is 1. The second-order valence-electron chi connectivity index (χ2n) is 4.60. The fraction of sp³-hybridized carbons (Fsp3) is 0.615. The van der Waals surface area contributed by atoms with Gasteiger partial charge in [0.15, 0.2) is 0 Å². The summed E-state index contributed by atoms with van der Waals surface area (Å²) in [7, 11) is 0. The Morgan fingerprint density at radius 2 is 2.05 bits per heavy atom. The molecule has 7 heteroatoms. The predicted molar refractivity (Wildman–Crippen MR) is 74.3 cm³/mol. The molecule has 0 aliphatic heterocycles. The molecule has 0 aromatic carbocycles. The van der Waals surface area contributed by atoms with Gasteiger partial charge in [-0.05, 0) is 25.3 Å². The zero-order valence-electron chi connectivity index (χ0n) is 11.9. The van der Waals surface area contributed by atoms with Crippen molar-refractivity contribution >= 4 is 12.0 Å². The molecule has 0 atom stereocenters. The largest absolute Gasteiger partial charge is 0.480 e. The smallest absolute Gasteiger partial charge is 0.329 e. The van der Waals surface area contributed by atoms with Gasteiger partial charge in [-0.1, -0.05) is 13.8 Å². The molecule has 0 aliphatic carbocycles. The van der Waals surface area contributed by atoms with Gasteiger partial charge in [-0.2, -0.15) is 5.10 Å². The highest BCUT2D eigenvalue weighted by Gasteiger charge is 2.36. The summed E-state index contributed by atoms with van der Waals surface area (Å²) in [5, 5.41) is 18.5. The van der Waals surface area contributed by atoms with Crippen LogP contribution in [0, 0.1) is 0 Å². The van der Waals surface area contributed by atoms with Gasteiger partial charge < -0.3 is 15.7 Å². The minimum atomic E-state index is -1.19. The molecule has 0 saturated heterocycles. The molecule has 0 radical (unpaired) electrons. The number of urea groups is 1. The second kappa shape index (κ2) is 7.52. The van der Waals surface area contributed by atoms with Crippen LogP contribution in [0.1, 0.15) is 33.1 Å². The van der Waals surface area contributed by atoms with Crippen molar-refractivity contribution in [2.75, 3.05) is 6.54 Å². The first-order valence-electron chi connectivity index (χ1n) is 6.81. The van der Waals surface area contributed by atoms with Crippen LogP contribution in [0.3, 0.4) is 0 Å². The number of nitrogens with zero attached hydrogens (tertiary/aromatic N) is 2. The fourth-order valence-electron chi connectivity index (χ4n) is 1.92. The fourth-order valence-corrected chi connectivity index (χ4v) is 1.92. The minimum absolute atomic E-state index is 0.347. The summed E-state index contributed by atoms with van der Waals surface area (Å²) in [6, 6.07) is 1.39. The Labute approximate surface area is 118 Å². The monoisotopic (exact) mass is 282 g/mol. The molecule has 0 saturated carbocycles. The number of carboxylic acids is 1. The topological polar surface area (TPSA) is 96.3 Å². The lowest BCUT2D eigenvalue weighted by Gasteiger charge is -2.28. The maximum absolute atomic E-state index is 11.7. The first-order chi connectivity index (χ1) is 9.54. The van der Waals surface area contributed by atoms with Gasteiger partial charge in [0.2, 0.25) is 0 Å². The number of carbonyl (C=O) groups excluding carboxylic acids is 1. The molecule has 112 valence electrons. The number of carbonyl (C=O) groups is 2. The molecule has 0 unspecified atom stereocenters. The van der Waals surface area contributed by atoms with Crippen LogP contribution in [0.15, 0.2) is 18.5 Å². The van der Waals surface area contributed by atoms with E-state index in [-0.39, 0.29) is 0 Å². The summed E-state index contributed by atoms with van der Waals surface area (Å²) in [6.45, 7) is 4.67. The first-order valence-corrected chi connectivity index (χ1v) is 6.81. The normalized spacial score (nSPS) is 11.1. The van der Waals surface area contributed by atoms with E-state index in [9.17, 15) is 14.7 Å². The Hall–Kier alpha value is -2.05. The van der Waals surface area contributed by atoms with Crippen LogP contribution in [-0.2, 0) is 11.3 Å². The Morgan fingerprint density at radius 1 is 1.35 bits per heavy atom. The van der Waals surface area contributed by atoms with E-state index in [1.54, 1.807) is 24.7 Å². The lowest BCUT2D eigenvalue weighted by Crippen LogP contribution is -2.56.